The number of hydrogen-bond donors (Lipinski definition) is 2. The summed E-state index contributed by atoms with van der Waals surface area (Å²) >= 11 is 0. The summed E-state index contributed by atoms with van der Waals surface area (Å²) in [7, 11) is 2.01. The van der Waals surface area contributed by atoms with Crippen LogP contribution in [-0.2, 0) is 0 Å². The van der Waals surface area contributed by atoms with Gasteiger partial charge < -0.3 is 15.8 Å². The summed E-state index contributed by atoms with van der Waals surface area (Å²) in [6.45, 7) is 6.59. The first-order valence-corrected chi connectivity index (χ1v) is 6.05. The third-order valence-corrected chi connectivity index (χ3v) is 3.39. The second-order valence-corrected chi connectivity index (χ2v) is 4.58. The van der Waals surface area contributed by atoms with Crippen LogP contribution in [0, 0.1) is 0 Å². The number of likely N-dealkylation sites (tertiary alicyclic amines) is 1. The Hall–Kier alpha value is -0.810. The molecule has 1 heterocycles. The molecule has 0 aromatic carbocycles. The van der Waals surface area contributed by atoms with Crippen molar-refractivity contribution in [1.29, 1.82) is 0 Å². The summed E-state index contributed by atoms with van der Waals surface area (Å²) in [6, 6.07) is 0.00331. The van der Waals surface area contributed by atoms with E-state index < -0.39 is 0 Å². The zero-order chi connectivity index (χ0) is 12.0. The van der Waals surface area contributed by atoms with E-state index >= 15 is 0 Å². The molecule has 3 N–H and O–H groups in total. The predicted octanol–water partition coefficient (Wildman–Crippen LogP) is 0.539. The smallest absolute Gasteiger partial charge is 0.156 e. The van der Waals surface area contributed by atoms with Crippen LogP contribution in [0.5, 0.6) is 0 Å². The maximum atomic E-state index is 8.58. The summed E-state index contributed by atoms with van der Waals surface area (Å²) in [5.74, 6) is 0.281. The van der Waals surface area contributed by atoms with Crippen molar-refractivity contribution in [2.75, 3.05) is 33.2 Å². The maximum absolute atomic E-state index is 8.58. The lowest BCUT2D eigenvalue weighted by Crippen LogP contribution is -2.41. The minimum absolute atomic E-state index is 0.00331. The normalized spacial score (nSPS) is 20.6. The van der Waals surface area contributed by atoms with Gasteiger partial charge >= 0.3 is 0 Å². The van der Waals surface area contributed by atoms with Crippen LogP contribution in [-0.4, -0.2) is 60.1 Å². The van der Waals surface area contributed by atoms with Gasteiger partial charge in [0.1, 0.15) is 0 Å². The molecule has 0 bridgehead atoms. The van der Waals surface area contributed by atoms with E-state index in [2.05, 4.69) is 15.0 Å². The van der Waals surface area contributed by atoms with Crippen molar-refractivity contribution in [1.82, 2.24) is 9.80 Å². The molecule has 1 atom stereocenters. The van der Waals surface area contributed by atoms with Gasteiger partial charge in [-0.05, 0) is 59.4 Å². The van der Waals surface area contributed by atoms with Gasteiger partial charge in [0, 0.05) is 0 Å². The van der Waals surface area contributed by atoms with Crippen molar-refractivity contribution >= 4 is 5.84 Å². The highest BCUT2D eigenvalue weighted by Crippen LogP contribution is 2.08. The molecule has 1 unspecified atom stereocenters. The molecule has 0 aromatic heterocycles. The largest absolute Gasteiger partial charge is 0.409 e. The first-order chi connectivity index (χ1) is 7.65. The second-order valence-electron chi connectivity index (χ2n) is 4.58. The fraction of sp³-hybridized carbons (Fsp3) is 0.909. The van der Waals surface area contributed by atoms with Crippen molar-refractivity contribution in [2.24, 2.45) is 10.9 Å². The Bertz CT molecular complexity index is 226. The summed E-state index contributed by atoms with van der Waals surface area (Å²) in [5, 5.41) is 11.6. The third-order valence-electron chi connectivity index (χ3n) is 3.39. The summed E-state index contributed by atoms with van der Waals surface area (Å²) in [6.07, 6.45) is 3.83. The van der Waals surface area contributed by atoms with Crippen LogP contribution >= 0.6 is 0 Å². The quantitative estimate of drug-likeness (QED) is 0.301. The minimum atomic E-state index is 0.00331. The van der Waals surface area contributed by atoms with Crippen molar-refractivity contribution in [3.63, 3.8) is 0 Å². The number of nitrogens with zero attached hydrogens (tertiary/aromatic N) is 3. The Balaban J connectivity index is 2.16. The molecule has 1 aliphatic rings. The van der Waals surface area contributed by atoms with Gasteiger partial charge in [0.05, 0.1) is 6.04 Å². The van der Waals surface area contributed by atoms with Gasteiger partial charge in [-0.2, -0.15) is 0 Å². The molecule has 94 valence electrons. The molecule has 0 aromatic rings. The highest BCUT2D eigenvalue weighted by atomic mass is 16.4. The highest BCUT2D eigenvalue weighted by Gasteiger charge is 2.15. The maximum Gasteiger partial charge on any atom is 0.156 e. The number of oxime groups is 1. The Morgan fingerprint density at radius 1 is 1.50 bits per heavy atom. The zero-order valence-electron chi connectivity index (χ0n) is 10.4. The van der Waals surface area contributed by atoms with E-state index in [4.69, 9.17) is 10.9 Å². The molecule has 5 nitrogen and oxygen atoms in total. The Morgan fingerprint density at radius 3 is 2.69 bits per heavy atom. The number of rotatable bonds is 6. The first-order valence-electron chi connectivity index (χ1n) is 6.05. The molecule has 0 amide bonds. The predicted molar refractivity (Wildman–Crippen MR) is 65.8 cm³/mol. The van der Waals surface area contributed by atoms with E-state index in [1.165, 1.54) is 25.9 Å². The fourth-order valence-electron chi connectivity index (χ4n) is 2.05. The second kappa shape index (κ2) is 6.70. The molecule has 0 aliphatic carbocycles. The number of amidine groups is 1. The Kier molecular flexibility index (Phi) is 5.55. The van der Waals surface area contributed by atoms with Crippen molar-refractivity contribution in [3.05, 3.63) is 0 Å². The lowest BCUT2D eigenvalue weighted by atomic mass is 10.2. The molecule has 1 fully saturated rings. The van der Waals surface area contributed by atoms with Gasteiger partial charge in [0.25, 0.3) is 0 Å². The average Bonchev–Trinajstić information content (AvgIpc) is 2.79. The molecule has 1 rings (SSSR count). The van der Waals surface area contributed by atoms with Crippen LogP contribution in [0.2, 0.25) is 0 Å². The minimum Gasteiger partial charge on any atom is -0.409 e. The SMILES string of the molecule is CC(C(N)=NO)N(C)CCCN1CCCC1. The topological polar surface area (TPSA) is 65.1 Å². The van der Waals surface area contributed by atoms with Gasteiger partial charge in [-0.25, -0.2) is 0 Å². The van der Waals surface area contributed by atoms with Gasteiger partial charge in [-0.1, -0.05) is 5.16 Å². The number of hydrogen-bond acceptors (Lipinski definition) is 4. The molecule has 0 saturated carbocycles. The van der Waals surface area contributed by atoms with E-state index in [1.807, 2.05) is 14.0 Å². The molecule has 0 radical (unpaired) electrons. The molecule has 1 aliphatic heterocycles. The molecular formula is C11H24N4O. The Morgan fingerprint density at radius 2 is 2.12 bits per heavy atom. The van der Waals surface area contributed by atoms with Gasteiger partial charge in [0.2, 0.25) is 0 Å². The van der Waals surface area contributed by atoms with E-state index in [0.29, 0.717) is 0 Å². The lowest BCUT2D eigenvalue weighted by molar-refractivity contribution is 0.258. The molecule has 1 saturated heterocycles. The zero-order valence-corrected chi connectivity index (χ0v) is 10.4. The summed E-state index contributed by atoms with van der Waals surface area (Å²) in [5.41, 5.74) is 5.56. The van der Waals surface area contributed by atoms with Crippen LogP contribution in [0.1, 0.15) is 26.2 Å². The van der Waals surface area contributed by atoms with E-state index in [9.17, 15) is 0 Å². The highest BCUT2D eigenvalue weighted by molar-refractivity contribution is 5.84. The number of nitrogens with two attached hydrogens (primary N) is 1. The fourth-order valence-corrected chi connectivity index (χ4v) is 2.05. The molecule has 5 heteroatoms. The first kappa shape index (κ1) is 13.3. The van der Waals surface area contributed by atoms with Crippen molar-refractivity contribution < 1.29 is 5.21 Å². The average molecular weight is 228 g/mol. The van der Waals surface area contributed by atoms with Gasteiger partial charge in [0.15, 0.2) is 5.84 Å². The van der Waals surface area contributed by atoms with E-state index in [0.717, 1.165) is 19.5 Å². The van der Waals surface area contributed by atoms with Crippen LogP contribution in [0.15, 0.2) is 5.16 Å². The van der Waals surface area contributed by atoms with Crippen molar-refractivity contribution in [2.45, 2.75) is 32.2 Å². The van der Waals surface area contributed by atoms with Crippen LogP contribution in [0.4, 0.5) is 0 Å². The van der Waals surface area contributed by atoms with Crippen LogP contribution in [0.3, 0.4) is 0 Å². The van der Waals surface area contributed by atoms with Gasteiger partial charge in [-0.3, -0.25) is 4.90 Å². The molecule has 0 spiro atoms. The monoisotopic (exact) mass is 228 g/mol. The van der Waals surface area contributed by atoms with E-state index in [1.54, 1.807) is 0 Å². The molecule has 16 heavy (non-hydrogen) atoms. The standard InChI is InChI=1S/C11H24N4O/c1-10(11(12)13-16)14(2)6-5-9-15-7-3-4-8-15/h10,16H,3-9H2,1-2H3,(H2,12,13). The van der Waals surface area contributed by atoms with Crippen LogP contribution in [0.25, 0.3) is 0 Å². The molecular weight excluding hydrogens is 204 g/mol. The Labute approximate surface area is 97.9 Å². The number of likely N-dealkylation sites (N-methyl/N-ethyl adjacent to an activating group) is 1. The van der Waals surface area contributed by atoms with Crippen molar-refractivity contribution in [3.8, 4) is 0 Å². The summed E-state index contributed by atoms with van der Waals surface area (Å²) in [4.78, 5) is 4.62. The van der Waals surface area contributed by atoms with Gasteiger partial charge in [-0.15, -0.1) is 0 Å². The van der Waals surface area contributed by atoms with E-state index in [-0.39, 0.29) is 11.9 Å². The lowest BCUT2D eigenvalue weighted by Gasteiger charge is -2.24. The van der Waals surface area contributed by atoms with Crippen LogP contribution < -0.4 is 5.73 Å². The summed E-state index contributed by atoms with van der Waals surface area (Å²) < 4.78 is 0. The third kappa shape index (κ3) is 3.98.